The molecule has 150 valence electrons. The lowest BCUT2D eigenvalue weighted by molar-refractivity contribution is -0.146. The molecule has 0 aromatic heterocycles. The summed E-state index contributed by atoms with van der Waals surface area (Å²) in [7, 11) is -3.82. The number of hydrogen-bond donors (Lipinski definition) is 1. The number of halogens is 2. The first-order valence-electron chi connectivity index (χ1n) is 8.29. The van der Waals surface area contributed by atoms with Crippen molar-refractivity contribution in [2.45, 2.75) is 25.2 Å². The van der Waals surface area contributed by atoms with Gasteiger partial charge in [0.2, 0.25) is 0 Å². The minimum atomic E-state index is -3.82. The van der Waals surface area contributed by atoms with Gasteiger partial charge in [0.25, 0.3) is 5.91 Å². The van der Waals surface area contributed by atoms with Crippen molar-refractivity contribution in [3.8, 4) is 0 Å². The molecule has 6 nitrogen and oxygen atoms in total. The van der Waals surface area contributed by atoms with Crippen LogP contribution in [0.15, 0.2) is 41.3 Å². The number of carbonyl (C=O) groups is 2. The van der Waals surface area contributed by atoms with Crippen LogP contribution in [-0.4, -0.2) is 32.7 Å². The van der Waals surface area contributed by atoms with Crippen molar-refractivity contribution in [3.63, 3.8) is 0 Å². The molecule has 1 amide bonds. The van der Waals surface area contributed by atoms with Gasteiger partial charge in [-0.05, 0) is 49.2 Å². The number of nitrogens with one attached hydrogen (secondary N) is 1. The van der Waals surface area contributed by atoms with Crippen LogP contribution in [0.25, 0.3) is 0 Å². The highest BCUT2D eigenvalue weighted by Crippen LogP contribution is 2.26. The molecule has 0 aliphatic rings. The number of esters is 1. The van der Waals surface area contributed by atoms with Crippen LogP contribution in [0.5, 0.6) is 0 Å². The molecule has 2 rings (SSSR count). The van der Waals surface area contributed by atoms with Crippen LogP contribution in [0.2, 0.25) is 10.0 Å². The van der Waals surface area contributed by atoms with E-state index in [0.717, 1.165) is 11.1 Å². The van der Waals surface area contributed by atoms with E-state index in [0.29, 0.717) is 5.69 Å². The topological polar surface area (TPSA) is 89.5 Å². The van der Waals surface area contributed by atoms with E-state index >= 15 is 0 Å². The maximum Gasteiger partial charge on any atom is 0.307 e. The summed E-state index contributed by atoms with van der Waals surface area (Å²) in [4.78, 5) is 23.6. The maximum absolute atomic E-state index is 12.3. The molecule has 0 fully saturated rings. The number of hydrogen-bond acceptors (Lipinski definition) is 5. The standard InChI is InChI=1S/C19H19Cl2NO5S/c1-12-4-3-5-16(13(12)2)22-18(23)11-27-19(24)8-9-28(25,26)17-10-14(20)6-7-15(17)21/h3-7,10H,8-9,11H2,1-2H3,(H,22,23). The number of carbonyl (C=O) groups excluding carboxylic acids is 2. The molecule has 0 saturated carbocycles. The number of rotatable bonds is 7. The van der Waals surface area contributed by atoms with Crippen LogP contribution in [0.1, 0.15) is 17.5 Å². The molecule has 1 N–H and O–H groups in total. The van der Waals surface area contributed by atoms with Gasteiger partial charge < -0.3 is 10.1 Å². The van der Waals surface area contributed by atoms with Gasteiger partial charge in [-0.3, -0.25) is 9.59 Å². The monoisotopic (exact) mass is 443 g/mol. The van der Waals surface area contributed by atoms with Crippen LogP contribution >= 0.6 is 23.2 Å². The zero-order valence-corrected chi connectivity index (χ0v) is 17.6. The van der Waals surface area contributed by atoms with Gasteiger partial charge in [0.05, 0.1) is 22.1 Å². The van der Waals surface area contributed by atoms with E-state index in [2.05, 4.69) is 5.32 Å². The lowest BCUT2D eigenvalue weighted by Gasteiger charge is -2.11. The van der Waals surface area contributed by atoms with Gasteiger partial charge in [-0.25, -0.2) is 8.42 Å². The smallest absolute Gasteiger partial charge is 0.307 e. The minimum Gasteiger partial charge on any atom is -0.456 e. The number of sulfone groups is 1. The molecule has 0 bridgehead atoms. The number of ether oxygens (including phenoxy) is 1. The van der Waals surface area contributed by atoms with Crippen molar-refractivity contribution in [1.82, 2.24) is 0 Å². The van der Waals surface area contributed by atoms with E-state index < -0.39 is 40.5 Å². The van der Waals surface area contributed by atoms with Crippen molar-refractivity contribution >= 4 is 50.6 Å². The highest BCUT2D eigenvalue weighted by atomic mass is 35.5. The van der Waals surface area contributed by atoms with Crippen molar-refractivity contribution in [2.24, 2.45) is 0 Å². The summed E-state index contributed by atoms with van der Waals surface area (Å²) in [5.41, 5.74) is 2.55. The largest absolute Gasteiger partial charge is 0.456 e. The van der Waals surface area contributed by atoms with Crippen LogP contribution in [-0.2, 0) is 24.2 Å². The first kappa shape index (κ1) is 22.2. The van der Waals surface area contributed by atoms with Crippen LogP contribution in [0.4, 0.5) is 5.69 Å². The van der Waals surface area contributed by atoms with Gasteiger partial charge in [-0.2, -0.15) is 0 Å². The Balaban J connectivity index is 1.88. The summed E-state index contributed by atoms with van der Waals surface area (Å²) in [6.45, 7) is 3.27. The molecule has 0 aliphatic carbocycles. The summed E-state index contributed by atoms with van der Waals surface area (Å²) in [5, 5.41) is 2.89. The molecule has 0 aliphatic heterocycles. The molecule has 0 heterocycles. The molecule has 9 heteroatoms. The van der Waals surface area contributed by atoms with Gasteiger partial charge in [0, 0.05) is 10.7 Å². The van der Waals surface area contributed by atoms with Crippen molar-refractivity contribution in [1.29, 1.82) is 0 Å². The second kappa shape index (κ2) is 9.41. The molecule has 28 heavy (non-hydrogen) atoms. The Kier molecular flexibility index (Phi) is 7.46. The highest BCUT2D eigenvalue weighted by molar-refractivity contribution is 7.91. The normalized spacial score (nSPS) is 11.1. The molecule has 0 unspecified atom stereocenters. The van der Waals surface area contributed by atoms with Crippen LogP contribution in [0, 0.1) is 13.8 Å². The molecule has 0 saturated heterocycles. The van der Waals surface area contributed by atoms with Gasteiger partial charge in [0.1, 0.15) is 0 Å². The molecule has 2 aromatic carbocycles. The van der Waals surface area contributed by atoms with E-state index in [1.807, 2.05) is 19.9 Å². The van der Waals surface area contributed by atoms with E-state index in [-0.39, 0.29) is 14.9 Å². The molecular formula is C19H19Cl2NO5S. The first-order chi connectivity index (χ1) is 13.1. The first-order valence-corrected chi connectivity index (χ1v) is 10.7. The second-order valence-electron chi connectivity index (χ2n) is 6.10. The maximum atomic E-state index is 12.3. The minimum absolute atomic E-state index is 0.0191. The molecule has 0 atom stereocenters. The Morgan fingerprint density at radius 1 is 1.11 bits per heavy atom. The van der Waals surface area contributed by atoms with Gasteiger partial charge in [0.15, 0.2) is 16.4 Å². The number of anilines is 1. The summed E-state index contributed by atoms with van der Waals surface area (Å²) in [6.07, 6.45) is -0.415. The fraction of sp³-hybridized carbons (Fsp3) is 0.263. The summed E-state index contributed by atoms with van der Waals surface area (Å²) in [5.74, 6) is -1.83. The highest BCUT2D eigenvalue weighted by Gasteiger charge is 2.21. The Morgan fingerprint density at radius 2 is 1.82 bits per heavy atom. The van der Waals surface area contributed by atoms with Crippen molar-refractivity contribution in [3.05, 3.63) is 57.6 Å². The zero-order chi connectivity index (χ0) is 20.9. The molecular weight excluding hydrogens is 425 g/mol. The third kappa shape index (κ3) is 5.95. The van der Waals surface area contributed by atoms with E-state index in [1.54, 1.807) is 12.1 Å². The van der Waals surface area contributed by atoms with Crippen molar-refractivity contribution in [2.75, 3.05) is 17.7 Å². The SMILES string of the molecule is Cc1cccc(NC(=O)COC(=O)CCS(=O)(=O)c2cc(Cl)ccc2Cl)c1C. The molecule has 2 aromatic rings. The zero-order valence-electron chi connectivity index (χ0n) is 15.3. The van der Waals surface area contributed by atoms with Crippen LogP contribution in [0.3, 0.4) is 0 Å². The second-order valence-corrected chi connectivity index (χ2v) is 9.02. The molecule has 0 radical (unpaired) electrons. The summed E-state index contributed by atoms with van der Waals surface area (Å²) in [6, 6.07) is 9.51. The summed E-state index contributed by atoms with van der Waals surface area (Å²) >= 11 is 11.7. The van der Waals surface area contributed by atoms with Crippen molar-refractivity contribution < 1.29 is 22.7 Å². The van der Waals surface area contributed by atoms with Crippen LogP contribution < -0.4 is 5.32 Å². The number of benzene rings is 2. The lowest BCUT2D eigenvalue weighted by atomic mass is 10.1. The Morgan fingerprint density at radius 3 is 2.54 bits per heavy atom. The predicted octanol–water partition coefficient (Wildman–Crippen LogP) is 3.96. The Hall–Kier alpha value is -2.09. The quantitative estimate of drug-likeness (QED) is 0.654. The van der Waals surface area contributed by atoms with Gasteiger partial charge in [-0.1, -0.05) is 35.3 Å². The fourth-order valence-electron chi connectivity index (χ4n) is 2.33. The summed E-state index contributed by atoms with van der Waals surface area (Å²) < 4.78 is 29.5. The third-order valence-corrected chi connectivity index (χ3v) is 6.47. The Labute approximate surface area is 173 Å². The van der Waals surface area contributed by atoms with Gasteiger partial charge in [-0.15, -0.1) is 0 Å². The van der Waals surface area contributed by atoms with E-state index in [1.165, 1.54) is 18.2 Å². The Bertz CT molecular complexity index is 1010. The van der Waals surface area contributed by atoms with E-state index in [4.69, 9.17) is 27.9 Å². The van der Waals surface area contributed by atoms with E-state index in [9.17, 15) is 18.0 Å². The fourth-order valence-corrected chi connectivity index (χ4v) is 4.37. The lowest BCUT2D eigenvalue weighted by Crippen LogP contribution is -2.22. The number of aryl methyl sites for hydroxylation is 1. The average molecular weight is 444 g/mol. The predicted molar refractivity (Wildman–Crippen MR) is 109 cm³/mol. The van der Waals surface area contributed by atoms with Gasteiger partial charge >= 0.3 is 5.97 Å². The molecule has 0 spiro atoms. The number of amides is 1. The third-order valence-electron chi connectivity index (χ3n) is 4.05. The average Bonchev–Trinajstić information content (AvgIpc) is 2.64.